The Bertz CT molecular complexity index is 193. The van der Waals surface area contributed by atoms with Crippen LogP contribution in [0, 0.1) is 11.3 Å². The van der Waals surface area contributed by atoms with Crippen LogP contribution in [0.2, 0.25) is 0 Å². The maximum absolute atomic E-state index is 10.9. The molecule has 4 N–H and O–H groups in total. The smallest absolute Gasteiger partial charge is 0.218 e. The zero-order valence-electron chi connectivity index (χ0n) is 8.38. The van der Waals surface area contributed by atoms with Gasteiger partial charge in [-0.05, 0) is 24.3 Å². The second-order valence-electron chi connectivity index (χ2n) is 4.36. The van der Waals surface area contributed by atoms with Crippen molar-refractivity contribution in [3.63, 3.8) is 0 Å². The maximum Gasteiger partial charge on any atom is 0.218 e. The fourth-order valence-corrected chi connectivity index (χ4v) is 2.47. The third-order valence-corrected chi connectivity index (χ3v) is 3.54. The minimum atomic E-state index is -0.209. The summed E-state index contributed by atoms with van der Waals surface area (Å²) in [4.78, 5) is 10.9. The van der Waals surface area contributed by atoms with E-state index in [4.69, 9.17) is 11.5 Å². The van der Waals surface area contributed by atoms with Gasteiger partial charge >= 0.3 is 0 Å². The summed E-state index contributed by atoms with van der Waals surface area (Å²) < 4.78 is 0. The highest BCUT2D eigenvalue weighted by Crippen LogP contribution is 2.42. The monoisotopic (exact) mass is 184 g/mol. The van der Waals surface area contributed by atoms with Gasteiger partial charge in [-0.15, -0.1) is 0 Å². The molecule has 1 aliphatic carbocycles. The Morgan fingerprint density at radius 2 is 2.23 bits per heavy atom. The lowest BCUT2D eigenvalue weighted by molar-refractivity contribution is -0.121. The number of hydrogen-bond donors (Lipinski definition) is 2. The predicted octanol–water partition coefficient (Wildman–Crippen LogP) is 1.02. The number of hydrogen-bond acceptors (Lipinski definition) is 2. The van der Waals surface area contributed by atoms with Gasteiger partial charge < -0.3 is 11.5 Å². The first kappa shape index (κ1) is 10.5. The van der Waals surface area contributed by atoms with E-state index in [1.807, 2.05) is 0 Å². The fraction of sp³-hybridized carbons (Fsp3) is 0.900. The summed E-state index contributed by atoms with van der Waals surface area (Å²) >= 11 is 0. The van der Waals surface area contributed by atoms with Crippen molar-refractivity contribution in [1.29, 1.82) is 0 Å². The normalized spacial score (nSPS) is 34.5. The molecule has 3 nitrogen and oxygen atoms in total. The van der Waals surface area contributed by atoms with E-state index in [9.17, 15) is 4.79 Å². The molecule has 1 rings (SSSR count). The van der Waals surface area contributed by atoms with Crippen molar-refractivity contribution in [2.24, 2.45) is 22.8 Å². The molecule has 13 heavy (non-hydrogen) atoms. The summed E-state index contributed by atoms with van der Waals surface area (Å²) in [6.07, 6.45) is 5.17. The zero-order valence-corrected chi connectivity index (χ0v) is 8.38. The molecule has 1 fully saturated rings. The van der Waals surface area contributed by atoms with Crippen LogP contribution in [0.25, 0.3) is 0 Å². The van der Waals surface area contributed by atoms with E-state index in [1.54, 1.807) is 0 Å². The third-order valence-electron chi connectivity index (χ3n) is 3.54. The fourth-order valence-electron chi connectivity index (χ4n) is 2.47. The van der Waals surface area contributed by atoms with Crippen LogP contribution in [0.4, 0.5) is 0 Å². The highest BCUT2D eigenvalue weighted by Gasteiger charge is 2.37. The number of carbonyl (C=O) groups excluding carboxylic acids is 1. The molecular formula is C10H20N2O. The molecule has 0 aromatic carbocycles. The van der Waals surface area contributed by atoms with Crippen LogP contribution in [-0.4, -0.2) is 12.5 Å². The predicted molar refractivity (Wildman–Crippen MR) is 52.9 cm³/mol. The van der Waals surface area contributed by atoms with Crippen molar-refractivity contribution < 1.29 is 4.79 Å². The summed E-state index contributed by atoms with van der Waals surface area (Å²) in [6, 6.07) is 0. The molecular weight excluding hydrogens is 164 g/mol. The standard InChI is InChI=1S/C10H20N2O/c1-8-4-2-3-5-10(8,7-11)6-9(12)13/h8H,2-7,11H2,1H3,(H2,12,13). The Kier molecular flexibility index (Phi) is 3.31. The van der Waals surface area contributed by atoms with Crippen molar-refractivity contribution in [2.75, 3.05) is 6.54 Å². The van der Waals surface area contributed by atoms with E-state index in [-0.39, 0.29) is 11.3 Å². The summed E-state index contributed by atoms with van der Waals surface area (Å²) in [5.74, 6) is 0.331. The molecule has 0 aromatic heterocycles. The van der Waals surface area contributed by atoms with E-state index in [0.29, 0.717) is 18.9 Å². The van der Waals surface area contributed by atoms with Crippen LogP contribution in [0.5, 0.6) is 0 Å². The Morgan fingerprint density at radius 3 is 2.69 bits per heavy atom. The molecule has 0 radical (unpaired) electrons. The van der Waals surface area contributed by atoms with E-state index >= 15 is 0 Å². The van der Waals surface area contributed by atoms with E-state index in [1.165, 1.54) is 19.3 Å². The third kappa shape index (κ3) is 2.21. The molecule has 0 heterocycles. The number of nitrogens with two attached hydrogens (primary N) is 2. The van der Waals surface area contributed by atoms with E-state index in [2.05, 4.69) is 6.92 Å². The van der Waals surface area contributed by atoms with E-state index < -0.39 is 0 Å². The first-order valence-corrected chi connectivity index (χ1v) is 5.09. The molecule has 2 atom stereocenters. The molecule has 2 unspecified atom stereocenters. The molecule has 76 valence electrons. The van der Waals surface area contributed by atoms with Gasteiger partial charge in [-0.2, -0.15) is 0 Å². The quantitative estimate of drug-likeness (QED) is 0.687. The lowest BCUT2D eigenvalue weighted by Gasteiger charge is -2.41. The summed E-state index contributed by atoms with van der Waals surface area (Å²) in [7, 11) is 0. The van der Waals surface area contributed by atoms with Gasteiger partial charge in [0.2, 0.25) is 5.91 Å². The van der Waals surface area contributed by atoms with Crippen LogP contribution >= 0.6 is 0 Å². The lowest BCUT2D eigenvalue weighted by Crippen LogP contribution is -2.42. The summed E-state index contributed by atoms with van der Waals surface area (Å²) in [5.41, 5.74) is 11.0. The molecule has 1 saturated carbocycles. The molecule has 0 aromatic rings. The molecule has 0 bridgehead atoms. The van der Waals surface area contributed by atoms with Gasteiger partial charge in [0, 0.05) is 6.42 Å². The first-order valence-electron chi connectivity index (χ1n) is 5.09. The summed E-state index contributed by atoms with van der Waals surface area (Å²) in [6.45, 7) is 2.78. The SMILES string of the molecule is CC1CCCCC1(CN)CC(N)=O. The number of primary amides is 1. The van der Waals surface area contributed by atoms with Crippen molar-refractivity contribution in [2.45, 2.75) is 39.0 Å². The van der Waals surface area contributed by atoms with Crippen molar-refractivity contribution in [3.8, 4) is 0 Å². The van der Waals surface area contributed by atoms with Crippen molar-refractivity contribution in [1.82, 2.24) is 0 Å². The van der Waals surface area contributed by atoms with Gasteiger partial charge in [0.15, 0.2) is 0 Å². The van der Waals surface area contributed by atoms with E-state index in [0.717, 1.165) is 6.42 Å². The maximum atomic E-state index is 10.9. The lowest BCUT2D eigenvalue weighted by atomic mass is 9.65. The molecule has 0 aliphatic heterocycles. The number of carbonyl (C=O) groups is 1. The Morgan fingerprint density at radius 1 is 1.54 bits per heavy atom. The summed E-state index contributed by atoms with van der Waals surface area (Å²) in [5, 5.41) is 0. The van der Waals surface area contributed by atoms with Crippen LogP contribution in [0.1, 0.15) is 39.0 Å². The molecule has 1 amide bonds. The van der Waals surface area contributed by atoms with Crippen molar-refractivity contribution >= 4 is 5.91 Å². The van der Waals surface area contributed by atoms with Crippen molar-refractivity contribution in [3.05, 3.63) is 0 Å². The van der Waals surface area contributed by atoms with Gasteiger partial charge in [-0.25, -0.2) is 0 Å². The first-order chi connectivity index (χ1) is 6.10. The van der Waals surface area contributed by atoms with Gasteiger partial charge in [-0.3, -0.25) is 4.79 Å². The highest BCUT2D eigenvalue weighted by atomic mass is 16.1. The second kappa shape index (κ2) is 4.09. The Balaban J connectivity index is 2.69. The largest absolute Gasteiger partial charge is 0.370 e. The van der Waals surface area contributed by atoms with Gasteiger partial charge in [0.25, 0.3) is 0 Å². The zero-order chi connectivity index (χ0) is 9.90. The topological polar surface area (TPSA) is 69.1 Å². The minimum Gasteiger partial charge on any atom is -0.370 e. The number of amides is 1. The van der Waals surface area contributed by atoms with Crippen LogP contribution < -0.4 is 11.5 Å². The highest BCUT2D eigenvalue weighted by molar-refractivity contribution is 5.74. The number of rotatable bonds is 3. The molecule has 0 spiro atoms. The van der Waals surface area contributed by atoms with Gasteiger partial charge in [0.1, 0.15) is 0 Å². The van der Waals surface area contributed by atoms with Crippen LogP contribution in [-0.2, 0) is 4.79 Å². The van der Waals surface area contributed by atoms with Crippen LogP contribution in [0.3, 0.4) is 0 Å². The van der Waals surface area contributed by atoms with Gasteiger partial charge in [-0.1, -0.05) is 26.2 Å². The van der Waals surface area contributed by atoms with Gasteiger partial charge in [0.05, 0.1) is 0 Å². The molecule has 0 saturated heterocycles. The second-order valence-corrected chi connectivity index (χ2v) is 4.36. The van der Waals surface area contributed by atoms with Crippen LogP contribution in [0.15, 0.2) is 0 Å². The average molecular weight is 184 g/mol. The molecule has 3 heteroatoms. The average Bonchev–Trinajstić information content (AvgIpc) is 2.08. The Labute approximate surface area is 79.9 Å². The molecule has 1 aliphatic rings. The minimum absolute atomic E-state index is 0.00405. The Hall–Kier alpha value is -0.570.